The average molecular weight is 898 g/mol. The third-order valence-corrected chi connectivity index (χ3v) is 13.2. The highest BCUT2D eigenvalue weighted by Gasteiger charge is 2.36. The predicted octanol–water partition coefficient (Wildman–Crippen LogP) is 16.2. The fraction of sp³-hybridized carbons (Fsp3) is 0.0328. The molecule has 8 aromatic carbocycles. The van der Waals surface area contributed by atoms with Crippen LogP contribution in [0.4, 0.5) is 13.2 Å². The van der Waals surface area contributed by atoms with Crippen molar-refractivity contribution in [3.63, 3.8) is 0 Å². The fourth-order valence-corrected chi connectivity index (χ4v) is 10.1. The number of halogens is 3. The van der Waals surface area contributed by atoms with Crippen LogP contribution in [0, 0.1) is 18.3 Å². The maximum Gasteiger partial charge on any atom is 0.417 e. The minimum absolute atomic E-state index is 0.0417. The zero-order valence-corrected chi connectivity index (χ0v) is 37.1. The second kappa shape index (κ2) is 16.4. The standard InChI is InChI=1S/C61H38F3N5/c1-38-13-12-20-50(61(62,63)64)59(38)60-57(68-53-21-10-8-18-46(53)48-33-42(23-25-55(48)68)44-27-29-66-51(35-44)40-14-4-2-5-15-40)31-39(37-65)32-58(60)69-54-22-11-9-19-47(54)49-34-43(24-26-56(49)69)45-28-30-67-52(36-45)41-16-6-3-7-17-41/h2-36H,1H3. The third-order valence-electron chi connectivity index (χ3n) is 13.2. The summed E-state index contributed by atoms with van der Waals surface area (Å²) in [5.74, 6) is 0. The molecule has 8 heteroatoms. The van der Waals surface area contributed by atoms with Crippen molar-refractivity contribution >= 4 is 43.6 Å². The summed E-state index contributed by atoms with van der Waals surface area (Å²) in [5, 5.41) is 14.6. The maximum atomic E-state index is 15.6. The topological polar surface area (TPSA) is 59.4 Å². The van der Waals surface area contributed by atoms with Crippen LogP contribution < -0.4 is 0 Å². The molecule has 5 nitrogen and oxygen atoms in total. The van der Waals surface area contributed by atoms with Crippen molar-refractivity contribution in [3.8, 4) is 73.3 Å². The molecule has 0 aliphatic heterocycles. The molecule has 0 amide bonds. The quantitative estimate of drug-likeness (QED) is 0.160. The van der Waals surface area contributed by atoms with Crippen LogP contribution in [0.25, 0.3) is 111 Å². The number of aryl methyl sites for hydroxylation is 1. The summed E-state index contributed by atoms with van der Waals surface area (Å²) in [4.78, 5) is 9.32. The molecule has 0 aliphatic rings. The second-order valence-corrected chi connectivity index (χ2v) is 17.3. The molecule has 69 heavy (non-hydrogen) atoms. The Balaban J connectivity index is 1.14. The Morgan fingerprint density at radius 2 is 0.870 bits per heavy atom. The van der Waals surface area contributed by atoms with Crippen molar-refractivity contribution in [1.82, 2.24) is 19.1 Å². The van der Waals surface area contributed by atoms with Crippen molar-refractivity contribution < 1.29 is 13.2 Å². The van der Waals surface area contributed by atoms with E-state index in [-0.39, 0.29) is 5.56 Å². The Morgan fingerprint density at radius 3 is 1.35 bits per heavy atom. The molecule has 0 fully saturated rings. The van der Waals surface area contributed by atoms with E-state index in [1.807, 2.05) is 167 Å². The number of hydrogen-bond donors (Lipinski definition) is 0. The molecule has 0 atom stereocenters. The smallest absolute Gasteiger partial charge is 0.308 e. The number of rotatable bonds is 7. The van der Waals surface area contributed by atoms with Crippen LogP contribution in [-0.2, 0) is 6.18 Å². The first-order chi connectivity index (χ1) is 33.7. The van der Waals surface area contributed by atoms with Crippen LogP contribution in [0.5, 0.6) is 0 Å². The number of nitriles is 1. The normalized spacial score (nSPS) is 11.8. The summed E-state index contributed by atoms with van der Waals surface area (Å²) in [6, 6.07) is 66.7. The van der Waals surface area contributed by atoms with E-state index in [1.165, 1.54) is 6.07 Å². The van der Waals surface area contributed by atoms with Gasteiger partial charge in [0.25, 0.3) is 0 Å². The first-order valence-electron chi connectivity index (χ1n) is 22.6. The fourth-order valence-electron chi connectivity index (χ4n) is 10.1. The summed E-state index contributed by atoms with van der Waals surface area (Å²) in [6.07, 6.45) is -1.09. The van der Waals surface area contributed by atoms with Crippen molar-refractivity contribution in [1.29, 1.82) is 5.26 Å². The minimum atomic E-state index is -4.71. The van der Waals surface area contributed by atoms with Gasteiger partial charge in [-0.25, -0.2) is 0 Å². The van der Waals surface area contributed by atoms with Gasteiger partial charge in [-0.3, -0.25) is 9.97 Å². The van der Waals surface area contributed by atoms with Gasteiger partial charge >= 0.3 is 6.18 Å². The lowest BCUT2D eigenvalue weighted by molar-refractivity contribution is -0.137. The summed E-state index contributed by atoms with van der Waals surface area (Å²) < 4.78 is 50.9. The first-order valence-corrected chi connectivity index (χ1v) is 22.6. The summed E-state index contributed by atoms with van der Waals surface area (Å²) in [5.41, 5.74) is 12.0. The molecular weight excluding hydrogens is 860 g/mol. The molecule has 4 aromatic heterocycles. The van der Waals surface area contributed by atoms with Crippen molar-refractivity contribution in [2.75, 3.05) is 0 Å². The van der Waals surface area contributed by atoms with E-state index >= 15 is 13.2 Å². The molecule has 0 unspecified atom stereocenters. The first kappa shape index (κ1) is 41.4. The third kappa shape index (κ3) is 7.02. The van der Waals surface area contributed by atoms with E-state index in [9.17, 15) is 5.26 Å². The molecule has 12 rings (SSSR count). The number of hydrogen-bond acceptors (Lipinski definition) is 3. The molecule has 0 N–H and O–H groups in total. The summed E-state index contributed by atoms with van der Waals surface area (Å²) >= 11 is 0. The molecule has 0 saturated heterocycles. The van der Waals surface area contributed by atoms with E-state index in [2.05, 4.69) is 40.3 Å². The Hall–Kier alpha value is -9.06. The number of benzene rings is 8. The highest BCUT2D eigenvalue weighted by Crippen LogP contribution is 2.48. The molecule has 12 aromatic rings. The predicted molar refractivity (Wildman–Crippen MR) is 272 cm³/mol. The van der Waals surface area contributed by atoms with Crippen LogP contribution in [0.1, 0.15) is 16.7 Å². The zero-order chi connectivity index (χ0) is 46.8. The number of aromatic nitrogens is 4. The van der Waals surface area contributed by atoms with Gasteiger partial charge in [-0.1, -0.05) is 121 Å². The highest BCUT2D eigenvalue weighted by molar-refractivity contribution is 6.13. The number of fused-ring (bicyclic) bond motifs is 6. The number of alkyl halides is 3. The summed E-state index contributed by atoms with van der Waals surface area (Å²) in [7, 11) is 0. The van der Waals surface area contributed by atoms with Gasteiger partial charge in [-0.05, 0) is 114 Å². The Labute approximate surface area is 395 Å². The van der Waals surface area contributed by atoms with E-state index < -0.39 is 11.7 Å². The van der Waals surface area contributed by atoms with E-state index in [0.717, 1.165) is 94.4 Å². The molecule has 0 saturated carbocycles. The molecule has 0 spiro atoms. The van der Waals surface area contributed by atoms with Gasteiger partial charge in [-0.15, -0.1) is 0 Å². The van der Waals surface area contributed by atoms with Crippen molar-refractivity contribution in [3.05, 3.63) is 229 Å². The molecular formula is C61H38F3N5. The SMILES string of the molecule is Cc1cccc(C(F)(F)F)c1-c1c(-n2c3ccccc3c3cc(-c4ccnc(-c5ccccc5)c4)ccc32)cc(C#N)cc1-n1c2ccccc2c2cc(-c3ccnc(-c4ccccc4)c3)ccc21. The number of para-hydroxylation sites is 2. The molecule has 0 bridgehead atoms. The van der Waals surface area contributed by atoms with E-state index in [1.54, 1.807) is 25.1 Å². The molecule has 328 valence electrons. The number of nitrogens with zero attached hydrogens (tertiary/aromatic N) is 5. The lowest BCUT2D eigenvalue weighted by atomic mass is 9.90. The summed E-state index contributed by atoms with van der Waals surface area (Å²) in [6.45, 7) is 1.73. The Bertz CT molecular complexity index is 3810. The van der Waals surface area contributed by atoms with Crippen molar-refractivity contribution in [2.24, 2.45) is 0 Å². The van der Waals surface area contributed by atoms with Crippen LogP contribution in [-0.4, -0.2) is 19.1 Å². The van der Waals surface area contributed by atoms with Gasteiger partial charge in [0.2, 0.25) is 0 Å². The van der Waals surface area contributed by atoms with Crippen molar-refractivity contribution in [2.45, 2.75) is 13.1 Å². The highest BCUT2D eigenvalue weighted by atomic mass is 19.4. The molecule has 4 heterocycles. The number of pyridine rings is 2. The van der Waals surface area contributed by atoms with Crippen LogP contribution >= 0.6 is 0 Å². The lowest BCUT2D eigenvalue weighted by Gasteiger charge is -2.24. The Morgan fingerprint density at radius 1 is 0.420 bits per heavy atom. The van der Waals surface area contributed by atoms with Crippen LogP contribution in [0.15, 0.2) is 213 Å². The monoisotopic (exact) mass is 897 g/mol. The van der Waals surface area contributed by atoms with E-state index in [0.29, 0.717) is 28.1 Å². The van der Waals surface area contributed by atoms with Crippen LogP contribution in [0.2, 0.25) is 0 Å². The van der Waals surface area contributed by atoms with Gasteiger partial charge < -0.3 is 9.13 Å². The maximum absolute atomic E-state index is 15.6. The zero-order valence-electron chi connectivity index (χ0n) is 37.1. The second-order valence-electron chi connectivity index (χ2n) is 17.3. The molecule has 0 radical (unpaired) electrons. The Kier molecular flexibility index (Phi) is 9.82. The van der Waals surface area contributed by atoms with Gasteiger partial charge in [0.05, 0.1) is 62.0 Å². The van der Waals surface area contributed by atoms with Crippen LogP contribution in [0.3, 0.4) is 0 Å². The van der Waals surface area contributed by atoms with Gasteiger partial charge in [0.1, 0.15) is 0 Å². The van der Waals surface area contributed by atoms with Gasteiger partial charge in [0, 0.05) is 56.2 Å². The minimum Gasteiger partial charge on any atom is -0.308 e. The van der Waals surface area contributed by atoms with Gasteiger partial charge in [-0.2, -0.15) is 18.4 Å². The largest absolute Gasteiger partial charge is 0.417 e. The van der Waals surface area contributed by atoms with E-state index in [4.69, 9.17) is 0 Å². The lowest BCUT2D eigenvalue weighted by Crippen LogP contribution is -2.12. The van der Waals surface area contributed by atoms with Gasteiger partial charge in [0.15, 0.2) is 0 Å². The molecule has 0 aliphatic carbocycles. The average Bonchev–Trinajstić information content (AvgIpc) is 3.90.